The molecule has 0 fully saturated rings. The molecule has 7 nitrogen and oxygen atoms in total. The molecule has 0 atom stereocenters. The van der Waals surface area contributed by atoms with Gasteiger partial charge in [0.05, 0.1) is 12.1 Å². The van der Waals surface area contributed by atoms with Gasteiger partial charge in [-0.3, -0.25) is 14.4 Å². The number of allylic oxidation sites excluding steroid dienone is 4. The molecule has 0 saturated carbocycles. The molecule has 222 valence electrons. The van der Waals surface area contributed by atoms with Gasteiger partial charge in [-0.1, -0.05) is 45.4 Å². The number of hydrogen-bond donors (Lipinski definition) is 2. The average Bonchev–Trinajstić information content (AvgIpc) is 2.87. The molecule has 1 heterocycles. The number of amides is 1. The summed E-state index contributed by atoms with van der Waals surface area (Å²) in [7, 11) is 1.50. The first-order chi connectivity index (χ1) is 19.7. The molecular weight excluding hydrogens is 552 g/mol. The summed E-state index contributed by atoms with van der Waals surface area (Å²) >= 11 is 6.77. The lowest BCUT2D eigenvalue weighted by atomic mass is 9.64. The molecule has 0 saturated heterocycles. The molecule has 3 aliphatic rings. The molecule has 0 spiro atoms. The van der Waals surface area contributed by atoms with Crippen LogP contribution in [0.5, 0.6) is 11.5 Å². The second-order valence-electron chi connectivity index (χ2n) is 13.4. The molecule has 2 aromatic carbocycles. The summed E-state index contributed by atoms with van der Waals surface area (Å²) in [4.78, 5) is 40.0. The van der Waals surface area contributed by atoms with Gasteiger partial charge >= 0.3 is 0 Å². The summed E-state index contributed by atoms with van der Waals surface area (Å²) in [5, 5.41) is 6.61. The van der Waals surface area contributed by atoms with E-state index in [0.717, 1.165) is 22.5 Å². The van der Waals surface area contributed by atoms with Crippen molar-refractivity contribution >= 4 is 34.8 Å². The van der Waals surface area contributed by atoms with Crippen molar-refractivity contribution in [2.24, 2.45) is 10.8 Å². The number of benzene rings is 2. The van der Waals surface area contributed by atoms with Crippen molar-refractivity contribution in [3.8, 4) is 11.5 Å². The van der Waals surface area contributed by atoms with Crippen molar-refractivity contribution < 1.29 is 23.9 Å². The van der Waals surface area contributed by atoms with Crippen LogP contribution in [-0.2, 0) is 14.4 Å². The van der Waals surface area contributed by atoms with Gasteiger partial charge in [0.15, 0.2) is 29.7 Å². The Morgan fingerprint density at radius 1 is 0.929 bits per heavy atom. The van der Waals surface area contributed by atoms with E-state index in [1.165, 1.54) is 7.11 Å². The van der Waals surface area contributed by atoms with Crippen LogP contribution >= 0.6 is 11.6 Å². The first-order valence-corrected chi connectivity index (χ1v) is 14.7. The van der Waals surface area contributed by atoms with Gasteiger partial charge in [-0.2, -0.15) is 0 Å². The maximum atomic E-state index is 13.6. The van der Waals surface area contributed by atoms with Crippen LogP contribution in [-0.4, -0.2) is 31.2 Å². The van der Waals surface area contributed by atoms with Crippen molar-refractivity contribution in [1.29, 1.82) is 0 Å². The molecule has 0 radical (unpaired) electrons. The third-order valence-electron chi connectivity index (χ3n) is 8.44. The first-order valence-electron chi connectivity index (χ1n) is 14.3. The van der Waals surface area contributed by atoms with E-state index in [2.05, 4.69) is 38.3 Å². The molecular formula is C34H39ClN2O5. The predicted molar refractivity (Wildman–Crippen MR) is 164 cm³/mol. The van der Waals surface area contributed by atoms with Crippen LogP contribution in [0.2, 0.25) is 5.02 Å². The van der Waals surface area contributed by atoms with E-state index < -0.39 is 5.92 Å². The number of anilines is 1. The Morgan fingerprint density at radius 3 is 2.07 bits per heavy atom. The average molecular weight is 591 g/mol. The van der Waals surface area contributed by atoms with Crippen LogP contribution in [0, 0.1) is 24.7 Å². The van der Waals surface area contributed by atoms with Crippen molar-refractivity contribution in [3.05, 3.63) is 74.6 Å². The topological polar surface area (TPSA) is 93.7 Å². The molecule has 0 aromatic heterocycles. The van der Waals surface area contributed by atoms with Crippen LogP contribution in [0.4, 0.5) is 5.69 Å². The minimum Gasteiger partial charge on any atom is -0.493 e. The van der Waals surface area contributed by atoms with E-state index in [1.54, 1.807) is 12.1 Å². The summed E-state index contributed by atoms with van der Waals surface area (Å²) in [6.45, 7) is 12.1. The van der Waals surface area contributed by atoms with Gasteiger partial charge in [0.25, 0.3) is 5.91 Å². The Hall–Kier alpha value is -3.58. The molecule has 2 aliphatic carbocycles. The zero-order chi connectivity index (χ0) is 30.6. The third-order valence-corrected chi connectivity index (χ3v) is 8.72. The Kier molecular flexibility index (Phi) is 7.77. The zero-order valence-corrected chi connectivity index (χ0v) is 26.2. The third kappa shape index (κ3) is 5.84. The number of halogens is 1. The largest absolute Gasteiger partial charge is 0.493 e. The number of ether oxygens (including phenoxy) is 2. The van der Waals surface area contributed by atoms with Crippen LogP contribution in [0.3, 0.4) is 0 Å². The van der Waals surface area contributed by atoms with Gasteiger partial charge in [0, 0.05) is 47.0 Å². The number of dihydropyridines is 1. The van der Waals surface area contributed by atoms with E-state index >= 15 is 0 Å². The fourth-order valence-electron chi connectivity index (χ4n) is 6.42. The highest BCUT2D eigenvalue weighted by molar-refractivity contribution is 6.32. The van der Waals surface area contributed by atoms with Crippen molar-refractivity contribution in [2.45, 2.75) is 73.1 Å². The fraction of sp³-hybridized carbons (Fsp3) is 0.441. The van der Waals surface area contributed by atoms with Crippen molar-refractivity contribution in [1.82, 2.24) is 5.32 Å². The molecule has 2 N–H and O–H groups in total. The molecule has 42 heavy (non-hydrogen) atoms. The summed E-state index contributed by atoms with van der Waals surface area (Å²) in [6.07, 6.45) is 2.21. The number of carbonyl (C=O) groups is 3. The summed E-state index contributed by atoms with van der Waals surface area (Å²) in [6, 6.07) is 9.19. The standard InChI is InChI=1S/C34H39ClN2O5/c1-18-8-9-21(10-19(18)2)36-28(40)17-42-32-22(35)11-20(12-27(32)41-7)29-30-23(13-33(3,4)15-25(30)38)37-24-14-34(5,6)16-26(39)31(24)29/h8-12,29,37H,13-17H2,1-7H3,(H,36,40). The van der Waals surface area contributed by atoms with E-state index in [1.807, 2.05) is 32.0 Å². The van der Waals surface area contributed by atoms with Crippen LogP contribution in [0.15, 0.2) is 52.9 Å². The van der Waals surface area contributed by atoms with Gasteiger partial charge in [-0.05, 0) is 78.5 Å². The Bertz CT molecular complexity index is 1510. The maximum absolute atomic E-state index is 13.6. The van der Waals surface area contributed by atoms with Crippen molar-refractivity contribution in [2.75, 3.05) is 19.0 Å². The highest BCUT2D eigenvalue weighted by Gasteiger charge is 2.46. The molecule has 8 heteroatoms. The zero-order valence-electron chi connectivity index (χ0n) is 25.4. The van der Waals surface area contributed by atoms with Crippen LogP contribution in [0.1, 0.15) is 76.0 Å². The number of aryl methyl sites for hydroxylation is 2. The van der Waals surface area contributed by atoms with Crippen LogP contribution in [0.25, 0.3) is 0 Å². The normalized spacial score (nSPS) is 19.6. The summed E-state index contributed by atoms with van der Waals surface area (Å²) in [5.41, 5.74) is 6.21. The van der Waals surface area contributed by atoms with E-state index in [0.29, 0.717) is 53.8 Å². The van der Waals surface area contributed by atoms with E-state index in [4.69, 9.17) is 21.1 Å². The number of nitrogens with one attached hydrogen (secondary N) is 2. The smallest absolute Gasteiger partial charge is 0.262 e. The Labute approximate surface area is 252 Å². The Balaban J connectivity index is 1.49. The summed E-state index contributed by atoms with van der Waals surface area (Å²) < 4.78 is 11.5. The molecule has 1 amide bonds. The second kappa shape index (κ2) is 10.9. The number of carbonyl (C=O) groups excluding carboxylic acids is 3. The minimum absolute atomic E-state index is 0.0290. The van der Waals surface area contributed by atoms with E-state index in [-0.39, 0.29) is 45.7 Å². The molecule has 5 rings (SSSR count). The van der Waals surface area contributed by atoms with Gasteiger partial charge in [-0.15, -0.1) is 0 Å². The van der Waals surface area contributed by atoms with E-state index in [9.17, 15) is 14.4 Å². The molecule has 1 aliphatic heterocycles. The molecule has 0 unspecified atom stereocenters. The SMILES string of the molecule is COc1cc(C2C3=C(CC(C)(C)CC3=O)NC3=C2C(=O)CC(C)(C)C3)cc(Cl)c1OCC(=O)Nc1ccc(C)c(C)c1. The van der Waals surface area contributed by atoms with Gasteiger partial charge in [0.1, 0.15) is 0 Å². The number of rotatable bonds is 6. The van der Waals surface area contributed by atoms with Gasteiger partial charge in [-0.25, -0.2) is 0 Å². The number of ketones is 2. The maximum Gasteiger partial charge on any atom is 0.262 e. The first kappa shape index (κ1) is 29.9. The van der Waals surface area contributed by atoms with Crippen molar-refractivity contribution in [3.63, 3.8) is 0 Å². The summed E-state index contributed by atoms with van der Waals surface area (Å²) in [5.74, 6) is -0.289. The lowest BCUT2D eigenvalue weighted by Gasteiger charge is -2.44. The molecule has 2 aromatic rings. The highest BCUT2D eigenvalue weighted by Crippen LogP contribution is 2.52. The lowest BCUT2D eigenvalue weighted by Crippen LogP contribution is -2.42. The lowest BCUT2D eigenvalue weighted by molar-refractivity contribution is -0.119. The minimum atomic E-state index is -0.558. The Morgan fingerprint density at radius 2 is 1.52 bits per heavy atom. The number of methoxy groups -OCH3 is 1. The number of hydrogen-bond acceptors (Lipinski definition) is 6. The monoisotopic (exact) mass is 590 g/mol. The van der Waals surface area contributed by atoms with Crippen LogP contribution < -0.4 is 20.1 Å². The second-order valence-corrected chi connectivity index (χ2v) is 13.8. The van der Waals surface area contributed by atoms with Gasteiger partial charge < -0.3 is 20.1 Å². The van der Waals surface area contributed by atoms with Gasteiger partial charge in [0.2, 0.25) is 0 Å². The fourth-order valence-corrected chi connectivity index (χ4v) is 6.70. The highest BCUT2D eigenvalue weighted by atomic mass is 35.5. The molecule has 0 bridgehead atoms. The quantitative estimate of drug-likeness (QED) is 0.378. The predicted octanol–water partition coefficient (Wildman–Crippen LogP) is 6.96. The number of Topliss-reactive ketones (excluding diaryl/α,β-unsaturated/α-hetero) is 2.